The molecular formula is C21H27N3O4S. The predicted molar refractivity (Wildman–Crippen MR) is 112 cm³/mol. The molecule has 1 fully saturated rings. The van der Waals surface area contributed by atoms with E-state index >= 15 is 0 Å². The Bertz CT molecular complexity index is 895. The minimum absolute atomic E-state index is 0.0496. The monoisotopic (exact) mass is 417 g/mol. The molecule has 0 saturated carbocycles. The van der Waals surface area contributed by atoms with E-state index in [0.29, 0.717) is 48.7 Å². The molecule has 8 heteroatoms. The van der Waals surface area contributed by atoms with Gasteiger partial charge in [-0.3, -0.25) is 14.5 Å². The second-order valence-electron chi connectivity index (χ2n) is 7.19. The summed E-state index contributed by atoms with van der Waals surface area (Å²) in [7, 11) is 0. The number of thiophene rings is 1. The van der Waals surface area contributed by atoms with Crippen LogP contribution in [0.1, 0.15) is 55.6 Å². The van der Waals surface area contributed by atoms with Crippen LogP contribution in [0, 0.1) is 13.8 Å². The highest BCUT2D eigenvalue weighted by atomic mass is 32.1. The molecular weight excluding hydrogens is 390 g/mol. The van der Waals surface area contributed by atoms with Crippen LogP contribution in [0.5, 0.6) is 0 Å². The van der Waals surface area contributed by atoms with Gasteiger partial charge < -0.3 is 14.6 Å². The van der Waals surface area contributed by atoms with Crippen molar-refractivity contribution in [2.24, 2.45) is 0 Å². The number of Topliss-reactive ketones (excluding diaryl/α,β-unsaturated/α-hetero) is 1. The average molecular weight is 418 g/mol. The van der Waals surface area contributed by atoms with Crippen molar-refractivity contribution in [1.29, 1.82) is 0 Å². The third-order valence-electron chi connectivity index (χ3n) is 5.42. The van der Waals surface area contributed by atoms with Gasteiger partial charge in [-0.2, -0.15) is 0 Å². The van der Waals surface area contributed by atoms with Crippen LogP contribution in [0.15, 0.2) is 17.5 Å². The smallest absolute Gasteiger partial charge is 0.340 e. The number of H-pyrrole nitrogens is 1. The van der Waals surface area contributed by atoms with E-state index in [1.54, 1.807) is 20.8 Å². The maximum absolute atomic E-state index is 13.1. The summed E-state index contributed by atoms with van der Waals surface area (Å²) in [6.45, 7) is 9.91. The van der Waals surface area contributed by atoms with Gasteiger partial charge in [-0.25, -0.2) is 4.79 Å². The van der Waals surface area contributed by atoms with E-state index in [2.05, 4.69) is 9.88 Å². The van der Waals surface area contributed by atoms with E-state index in [4.69, 9.17) is 4.74 Å². The third-order valence-corrected chi connectivity index (χ3v) is 6.28. The molecule has 2 aromatic rings. The molecule has 1 unspecified atom stereocenters. The number of hydrogen-bond acceptors (Lipinski definition) is 6. The fraction of sp³-hybridized carbons (Fsp3) is 0.476. The zero-order valence-electron chi connectivity index (χ0n) is 17.3. The number of aromatic amines is 1. The summed E-state index contributed by atoms with van der Waals surface area (Å²) in [5.41, 5.74) is 2.16. The minimum atomic E-state index is -0.411. The van der Waals surface area contributed by atoms with Crippen molar-refractivity contribution in [2.45, 2.75) is 33.7 Å². The second-order valence-corrected chi connectivity index (χ2v) is 8.14. The van der Waals surface area contributed by atoms with Crippen LogP contribution in [-0.2, 0) is 4.74 Å². The number of piperazine rings is 1. The van der Waals surface area contributed by atoms with Gasteiger partial charge in [0, 0.05) is 31.9 Å². The molecule has 0 bridgehead atoms. The van der Waals surface area contributed by atoms with E-state index in [1.165, 1.54) is 11.3 Å². The first-order chi connectivity index (χ1) is 13.8. The van der Waals surface area contributed by atoms with Crippen molar-refractivity contribution in [2.75, 3.05) is 32.8 Å². The van der Waals surface area contributed by atoms with Crippen LogP contribution >= 0.6 is 11.3 Å². The lowest BCUT2D eigenvalue weighted by Gasteiger charge is -2.37. The lowest BCUT2D eigenvalue weighted by molar-refractivity contribution is 0.0523. The first kappa shape index (κ1) is 21.3. The number of nitrogens with one attached hydrogen (secondary N) is 1. The Balaban J connectivity index is 1.66. The number of aromatic nitrogens is 1. The number of amides is 1. The largest absolute Gasteiger partial charge is 0.462 e. The van der Waals surface area contributed by atoms with Crippen LogP contribution in [-0.4, -0.2) is 71.3 Å². The molecule has 3 rings (SSSR count). The number of rotatable bonds is 6. The predicted octanol–water partition coefficient (Wildman–Crippen LogP) is 2.90. The number of carbonyl (C=O) groups excluding carboxylic acids is 3. The summed E-state index contributed by atoms with van der Waals surface area (Å²) < 4.78 is 5.11. The maximum atomic E-state index is 13.1. The molecule has 0 radical (unpaired) electrons. The Kier molecular flexibility index (Phi) is 6.54. The Hall–Kier alpha value is -2.45. The molecule has 0 aromatic carbocycles. The Morgan fingerprint density at radius 1 is 1.21 bits per heavy atom. The highest BCUT2D eigenvalue weighted by Gasteiger charge is 2.31. The standard InChI is InChI=1S/C21H27N3O4S/c1-5-28-21(27)17-13(2)18(22-14(17)3)19(25)15(4)23-8-10-24(11-9-23)20(26)16-7-6-12-29-16/h6-7,12,15,22H,5,8-11H2,1-4H3. The zero-order chi connectivity index (χ0) is 21.1. The Morgan fingerprint density at radius 3 is 2.48 bits per heavy atom. The van der Waals surface area contributed by atoms with Gasteiger partial charge in [-0.15, -0.1) is 11.3 Å². The van der Waals surface area contributed by atoms with Crippen LogP contribution in [0.4, 0.5) is 0 Å². The van der Waals surface area contributed by atoms with Crippen molar-refractivity contribution < 1.29 is 19.1 Å². The molecule has 29 heavy (non-hydrogen) atoms. The molecule has 156 valence electrons. The lowest BCUT2D eigenvalue weighted by Crippen LogP contribution is -2.53. The molecule has 0 spiro atoms. The Morgan fingerprint density at radius 2 is 1.90 bits per heavy atom. The number of ketones is 1. The van der Waals surface area contributed by atoms with Gasteiger partial charge in [0.2, 0.25) is 0 Å². The van der Waals surface area contributed by atoms with Gasteiger partial charge >= 0.3 is 5.97 Å². The molecule has 1 aliphatic heterocycles. The molecule has 3 heterocycles. The van der Waals surface area contributed by atoms with Crippen molar-refractivity contribution >= 4 is 29.0 Å². The molecule has 7 nitrogen and oxygen atoms in total. The van der Waals surface area contributed by atoms with Gasteiger partial charge in [0.25, 0.3) is 5.91 Å². The third kappa shape index (κ3) is 4.28. The van der Waals surface area contributed by atoms with Crippen LogP contribution < -0.4 is 0 Å². The van der Waals surface area contributed by atoms with Gasteiger partial charge in [-0.05, 0) is 44.7 Å². The summed E-state index contributed by atoms with van der Waals surface area (Å²) in [6.07, 6.45) is 0. The number of esters is 1. The SMILES string of the molecule is CCOC(=O)c1c(C)[nH]c(C(=O)C(C)N2CCN(C(=O)c3cccs3)CC2)c1C. The Labute approximate surface area is 174 Å². The van der Waals surface area contributed by atoms with E-state index in [1.807, 2.05) is 29.3 Å². The van der Waals surface area contributed by atoms with Crippen molar-refractivity contribution in [3.05, 3.63) is 44.9 Å². The molecule has 0 aliphatic carbocycles. The number of carbonyl (C=O) groups is 3. The first-order valence-electron chi connectivity index (χ1n) is 9.82. The molecule has 2 aromatic heterocycles. The van der Waals surface area contributed by atoms with Crippen molar-refractivity contribution in [3.8, 4) is 0 Å². The first-order valence-corrected chi connectivity index (χ1v) is 10.7. The average Bonchev–Trinajstić information content (AvgIpc) is 3.35. The molecule has 1 N–H and O–H groups in total. The van der Waals surface area contributed by atoms with Crippen molar-refractivity contribution in [3.63, 3.8) is 0 Å². The van der Waals surface area contributed by atoms with E-state index in [9.17, 15) is 14.4 Å². The zero-order valence-corrected chi connectivity index (χ0v) is 18.1. The number of nitrogens with zero attached hydrogens (tertiary/aromatic N) is 2. The van der Waals surface area contributed by atoms with Gasteiger partial charge in [0.1, 0.15) is 0 Å². The van der Waals surface area contributed by atoms with Crippen molar-refractivity contribution in [1.82, 2.24) is 14.8 Å². The summed E-state index contributed by atoms with van der Waals surface area (Å²) in [4.78, 5) is 45.5. The van der Waals surface area contributed by atoms with E-state index < -0.39 is 5.97 Å². The van der Waals surface area contributed by atoms with Gasteiger partial charge in [0.05, 0.1) is 28.8 Å². The van der Waals surface area contributed by atoms with E-state index in [0.717, 1.165) is 4.88 Å². The summed E-state index contributed by atoms with van der Waals surface area (Å²) in [5, 5.41) is 1.90. The molecule has 1 amide bonds. The van der Waals surface area contributed by atoms with E-state index in [-0.39, 0.29) is 24.3 Å². The van der Waals surface area contributed by atoms with Crippen LogP contribution in [0.2, 0.25) is 0 Å². The number of hydrogen-bond donors (Lipinski definition) is 1. The summed E-state index contributed by atoms with van der Waals surface area (Å²) in [6, 6.07) is 3.36. The lowest BCUT2D eigenvalue weighted by atomic mass is 10.0. The summed E-state index contributed by atoms with van der Waals surface area (Å²) in [5.74, 6) is -0.418. The highest BCUT2D eigenvalue weighted by Crippen LogP contribution is 2.22. The fourth-order valence-corrected chi connectivity index (χ4v) is 4.44. The maximum Gasteiger partial charge on any atom is 0.340 e. The van der Waals surface area contributed by atoms with Crippen LogP contribution in [0.3, 0.4) is 0 Å². The van der Waals surface area contributed by atoms with Gasteiger partial charge in [-0.1, -0.05) is 6.07 Å². The van der Waals surface area contributed by atoms with Gasteiger partial charge in [0.15, 0.2) is 5.78 Å². The fourth-order valence-electron chi connectivity index (χ4n) is 3.75. The summed E-state index contributed by atoms with van der Waals surface area (Å²) >= 11 is 1.44. The minimum Gasteiger partial charge on any atom is -0.462 e. The molecule has 1 aliphatic rings. The highest BCUT2D eigenvalue weighted by molar-refractivity contribution is 7.12. The molecule has 1 saturated heterocycles. The molecule has 1 atom stereocenters. The normalized spacial score (nSPS) is 15.9. The quantitative estimate of drug-likeness (QED) is 0.577. The number of ether oxygens (including phenoxy) is 1. The van der Waals surface area contributed by atoms with Crippen LogP contribution in [0.25, 0.3) is 0 Å². The topological polar surface area (TPSA) is 82.7 Å². The second kappa shape index (κ2) is 8.92. The number of aryl methyl sites for hydroxylation is 1.